The Bertz CT molecular complexity index is 964. The first kappa shape index (κ1) is 19.5. The number of ether oxygens (including phenoxy) is 4. The number of nitrogens with zero attached hydrogens (tertiary/aromatic N) is 1. The Labute approximate surface area is 166 Å². The van der Waals surface area contributed by atoms with Crippen molar-refractivity contribution in [3.05, 3.63) is 47.3 Å². The Kier molecular flexibility index (Phi) is 6.00. The molecule has 0 saturated heterocycles. The minimum Gasteiger partial charge on any atom is -0.497 e. The van der Waals surface area contributed by atoms with Crippen LogP contribution in [-0.4, -0.2) is 39.3 Å². The number of hydrogen-bond donors (Lipinski definition) is 1. The third-order valence-electron chi connectivity index (χ3n) is 4.06. The molecule has 0 saturated carbocycles. The van der Waals surface area contributed by atoms with Gasteiger partial charge in [0.05, 0.1) is 34.1 Å². The number of carbonyl (C=O) groups is 1. The number of aromatic nitrogens is 1. The van der Waals surface area contributed by atoms with E-state index in [1.54, 1.807) is 32.4 Å². The van der Waals surface area contributed by atoms with Crippen LogP contribution in [0.4, 0.5) is 5.13 Å². The number of amides is 1. The van der Waals surface area contributed by atoms with Crippen LogP contribution in [0.5, 0.6) is 23.0 Å². The zero-order valence-electron chi connectivity index (χ0n) is 15.9. The lowest BCUT2D eigenvalue weighted by molar-refractivity contribution is 0.102. The minimum atomic E-state index is -0.368. The normalized spacial score (nSPS) is 10.3. The van der Waals surface area contributed by atoms with E-state index in [0.717, 1.165) is 5.56 Å². The van der Waals surface area contributed by atoms with Gasteiger partial charge in [-0.05, 0) is 30.3 Å². The van der Waals surface area contributed by atoms with E-state index in [-0.39, 0.29) is 5.91 Å². The van der Waals surface area contributed by atoms with Gasteiger partial charge in [0.15, 0.2) is 5.13 Å². The highest BCUT2D eigenvalue weighted by Gasteiger charge is 2.20. The first-order chi connectivity index (χ1) is 13.6. The summed E-state index contributed by atoms with van der Waals surface area (Å²) in [6.45, 7) is 0. The Morgan fingerprint density at radius 1 is 0.929 bits per heavy atom. The standard InChI is InChI=1S/C20H20N2O5S/c1-24-12-8-9-15(25-2)13(10-12)14-11-28-20(21-14)22-19(23)18-16(26-3)6-5-7-17(18)27-4/h5-11H,1-4H3,(H,21,22,23). The van der Waals surface area contributed by atoms with Crippen LogP contribution in [0.25, 0.3) is 11.3 Å². The van der Waals surface area contributed by atoms with E-state index in [1.165, 1.54) is 25.6 Å². The predicted octanol–water partition coefficient (Wildman–Crippen LogP) is 4.10. The van der Waals surface area contributed by atoms with E-state index in [4.69, 9.17) is 18.9 Å². The fraction of sp³-hybridized carbons (Fsp3) is 0.200. The second-order valence-corrected chi connectivity index (χ2v) is 6.45. The van der Waals surface area contributed by atoms with Gasteiger partial charge in [-0.2, -0.15) is 0 Å². The van der Waals surface area contributed by atoms with Gasteiger partial charge in [-0.3, -0.25) is 10.1 Å². The summed E-state index contributed by atoms with van der Waals surface area (Å²) in [5, 5.41) is 5.08. The molecule has 1 N–H and O–H groups in total. The Hall–Kier alpha value is -3.26. The molecule has 0 fully saturated rings. The Morgan fingerprint density at radius 2 is 1.61 bits per heavy atom. The smallest absolute Gasteiger partial charge is 0.265 e. The van der Waals surface area contributed by atoms with Gasteiger partial charge in [-0.1, -0.05) is 6.07 Å². The first-order valence-corrected chi connectivity index (χ1v) is 9.19. The van der Waals surface area contributed by atoms with Crippen molar-refractivity contribution in [2.24, 2.45) is 0 Å². The van der Waals surface area contributed by atoms with E-state index in [9.17, 15) is 4.79 Å². The van der Waals surface area contributed by atoms with Crippen LogP contribution in [0.2, 0.25) is 0 Å². The number of rotatable bonds is 7. The van der Waals surface area contributed by atoms with Crippen molar-refractivity contribution in [2.45, 2.75) is 0 Å². The molecule has 0 radical (unpaired) electrons. The average Bonchev–Trinajstić information content (AvgIpc) is 3.20. The van der Waals surface area contributed by atoms with Crippen molar-refractivity contribution >= 4 is 22.4 Å². The van der Waals surface area contributed by atoms with E-state index in [1.807, 2.05) is 23.6 Å². The molecule has 146 valence electrons. The number of methoxy groups -OCH3 is 4. The number of anilines is 1. The molecule has 0 bridgehead atoms. The summed E-state index contributed by atoms with van der Waals surface area (Å²) in [5.41, 5.74) is 1.75. The van der Waals surface area contributed by atoms with E-state index in [0.29, 0.717) is 39.4 Å². The summed E-state index contributed by atoms with van der Waals surface area (Å²) < 4.78 is 21.3. The summed E-state index contributed by atoms with van der Waals surface area (Å²) in [7, 11) is 6.19. The third-order valence-corrected chi connectivity index (χ3v) is 4.82. The molecule has 0 unspecified atom stereocenters. The van der Waals surface area contributed by atoms with Gasteiger partial charge in [0, 0.05) is 10.9 Å². The maximum atomic E-state index is 12.8. The van der Waals surface area contributed by atoms with Gasteiger partial charge in [-0.15, -0.1) is 11.3 Å². The van der Waals surface area contributed by atoms with Crippen LogP contribution in [0, 0.1) is 0 Å². The Balaban J connectivity index is 1.90. The van der Waals surface area contributed by atoms with E-state index < -0.39 is 0 Å². The molecule has 0 aliphatic heterocycles. The van der Waals surface area contributed by atoms with Crippen molar-refractivity contribution in [2.75, 3.05) is 33.8 Å². The highest BCUT2D eigenvalue weighted by atomic mass is 32.1. The van der Waals surface area contributed by atoms with Gasteiger partial charge >= 0.3 is 0 Å². The summed E-state index contributed by atoms with van der Waals surface area (Å²) in [6, 6.07) is 10.6. The number of thiazole rings is 1. The van der Waals surface area contributed by atoms with E-state index in [2.05, 4.69) is 10.3 Å². The molecule has 1 amide bonds. The minimum absolute atomic E-state index is 0.309. The topological polar surface area (TPSA) is 78.9 Å². The maximum absolute atomic E-state index is 12.8. The second-order valence-electron chi connectivity index (χ2n) is 5.60. The van der Waals surface area contributed by atoms with Crippen LogP contribution < -0.4 is 24.3 Å². The second kappa shape index (κ2) is 8.62. The molecule has 0 aliphatic rings. The van der Waals surface area contributed by atoms with E-state index >= 15 is 0 Å². The van der Waals surface area contributed by atoms with Gasteiger partial charge in [0.1, 0.15) is 28.6 Å². The first-order valence-electron chi connectivity index (χ1n) is 8.31. The molecule has 3 rings (SSSR count). The molecule has 28 heavy (non-hydrogen) atoms. The molecule has 1 heterocycles. The quantitative estimate of drug-likeness (QED) is 0.643. The lowest BCUT2D eigenvalue weighted by Gasteiger charge is -2.12. The number of hydrogen-bond acceptors (Lipinski definition) is 7. The molecule has 0 spiro atoms. The van der Waals surface area contributed by atoms with Gasteiger partial charge < -0.3 is 18.9 Å². The van der Waals surface area contributed by atoms with Crippen molar-refractivity contribution in [3.63, 3.8) is 0 Å². The summed E-state index contributed by atoms with van der Waals surface area (Å²) >= 11 is 1.31. The zero-order chi connectivity index (χ0) is 20.1. The van der Waals surface area contributed by atoms with Crippen molar-refractivity contribution in [3.8, 4) is 34.3 Å². The number of carbonyl (C=O) groups excluding carboxylic acids is 1. The van der Waals surface area contributed by atoms with Crippen LogP contribution in [0.15, 0.2) is 41.8 Å². The van der Waals surface area contributed by atoms with Gasteiger partial charge in [0.25, 0.3) is 5.91 Å². The molecule has 3 aromatic rings. The highest BCUT2D eigenvalue weighted by molar-refractivity contribution is 7.14. The monoisotopic (exact) mass is 400 g/mol. The molecule has 1 aromatic heterocycles. The lowest BCUT2D eigenvalue weighted by atomic mass is 10.1. The SMILES string of the molecule is COc1ccc(OC)c(-c2csc(NC(=O)c3c(OC)cccc3OC)n2)c1. The molecule has 0 aliphatic carbocycles. The fourth-order valence-corrected chi connectivity index (χ4v) is 3.41. The molecule has 0 atom stereocenters. The highest BCUT2D eigenvalue weighted by Crippen LogP contribution is 2.35. The summed E-state index contributed by atoms with van der Waals surface area (Å²) in [4.78, 5) is 17.3. The summed E-state index contributed by atoms with van der Waals surface area (Å²) in [5.74, 6) is 1.82. The van der Waals surface area contributed by atoms with Crippen LogP contribution in [-0.2, 0) is 0 Å². The lowest BCUT2D eigenvalue weighted by Crippen LogP contribution is -2.14. The number of nitrogens with one attached hydrogen (secondary N) is 1. The van der Waals surface area contributed by atoms with Crippen molar-refractivity contribution in [1.29, 1.82) is 0 Å². The maximum Gasteiger partial charge on any atom is 0.265 e. The van der Waals surface area contributed by atoms with Crippen LogP contribution in [0.3, 0.4) is 0 Å². The number of benzene rings is 2. The Morgan fingerprint density at radius 3 is 2.21 bits per heavy atom. The predicted molar refractivity (Wildman–Crippen MR) is 108 cm³/mol. The van der Waals surface area contributed by atoms with Crippen molar-refractivity contribution < 1.29 is 23.7 Å². The van der Waals surface area contributed by atoms with Gasteiger partial charge in [0.2, 0.25) is 0 Å². The van der Waals surface area contributed by atoms with Gasteiger partial charge in [-0.25, -0.2) is 4.98 Å². The molecular weight excluding hydrogens is 380 g/mol. The van der Waals surface area contributed by atoms with Crippen LogP contribution >= 0.6 is 11.3 Å². The third kappa shape index (κ3) is 3.86. The molecule has 2 aromatic carbocycles. The summed E-state index contributed by atoms with van der Waals surface area (Å²) in [6.07, 6.45) is 0. The average molecular weight is 400 g/mol. The fourth-order valence-electron chi connectivity index (χ4n) is 2.70. The molecule has 7 nitrogen and oxygen atoms in total. The molecule has 8 heteroatoms. The molecular formula is C20H20N2O5S. The largest absolute Gasteiger partial charge is 0.497 e. The zero-order valence-corrected chi connectivity index (χ0v) is 16.8. The van der Waals surface area contributed by atoms with Crippen molar-refractivity contribution in [1.82, 2.24) is 4.98 Å². The van der Waals surface area contributed by atoms with Crippen LogP contribution in [0.1, 0.15) is 10.4 Å².